The smallest absolute Gasteiger partial charge is 0.335 e. The van der Waals surface area contributed by atoms with E-state index in [1.165, 1.54) is 13.2 Å². The van der Waals surface area contributed by atoms with Gasteiger partial charge in [-0.3, -0.25) is 9.78 Å². The first kappa shape index (κ1) is 22.5. The molecule has 0 radical (unpaired) electrons. The highest BCUT2D eigenvalue weighted by Crippen LogP contribution is 2.40. The maximum Gasteiger partial charge on any atom is 0.335 e. The van der Waals surface area contributed by atoms with Gasteiger partial charge in [0.2, 0.25) is 0 Å². The molecule has 1 aliphatic rings. The van der Waals surface area contributed by atoms with Crippen molar-refractivity contribution in [3.63, 3.8) is 0 Å². The van der Waals surface area contributed by atoms with E-state index in [2.05, 4.69) is 10.3 Å². The molecule has 0 unspecified atom stereocenters. The minimum atomic E-state index is -0.999. The Morgan fingerprint density at radius 1 is 1.21 bits per heavy atom. The fourth-order valence-corrected chi connectivity index (χ4v) is 4.26. The molecule has 8 nitrogen and oxygen atoms in total. The molecule has 1 aromatic carbocycles. The quantitative estimate of drug-likeness (QED) is 0.378. The summed E-state index contributed by atoms with van der Waals surface area (Å²) in [4.78, 5) is 29.4. The number of rotatable bonds is 8. The Hall–Kier alpha value is -3.72. The van der Waals surface area contributed by atoms with Crippen molar-refractivity contribution in [3.8, 4) is 11.3 Å². The fraction of sp³-hybridized carbons (Fsp3) is 0.250. The number of methoxy groups -OCH3 is 1. The molecule has 1 aliphatic heterocycles. The Morgan fingerprint density at radius 3 is 2.79 bits per heavy atom. The zero-order chi connectivity index (χ0) is 23.4. The van der Waals surface area contributed by atoms with Crippen molar-refractivity contribution in [1.29, 1.82) is 0 Å². The number of esters is 1. The Labute approximate surface area is 196 Å². The second-order valence-corrected chi connectivity index (χ2v) is 7.97. The number of pyridine rings is 1. The van der Waals surface area contributed by atoms with Gasteiger partial charge in [0.15, 0.2) is 5.11 Å². The highest BCUT2D eigenvalue weighted by molar-refractivity contribution is 7.80. The summed E-state index contributed by atoms with van der Waals surface area (Å²) in [6, 6.07) is 15.4. The third-order valence-electron chi connectivity index (χ3n) is 5.52. The van der Waals surface area contributed by atoms with Crippen LogP contribution in [0.4, 0.5) is 0 Å². The van der Waals surface area contributed by atoms with E-state index in [9.17, 15) is 14.7 Å². The van der Waals surface area contributed by atoms with Gasteiger partial charge in [0.1, 0.15) is 17.6 Å². The second kappa shape index (κ2) is 9.83. The maximum atomic E-state index is 11.6. The Kier molecular flexibility index (Phi) is 6.69. The van der Waals surface area contributed by atoms with Crippen LogP contribution >= 0.6 is 12.2 Å². The topological polar surface area (TPSA) is 105 Å². The number of carboxylic acids is 1. The molecule has 0 amide bonds. The van der Waals surface area contributed by atoms with Crippen molar-refractivity contribution >= 4 is 29.3 Å². The van der Waals surface area contributed by atoms with Crippen LogP contribution in [0.25, 0.3) is 11.3 Å². The average Bonchev–Trinajstić information content (AvgIpc) is 3.44. The molecule has 3 aromatic rings. The molecule has 4 rings (SSSR count). The number of ether oxygens (including phenoxy) is 1. The molecule has 0 spiro atoms. The van der Waals surface area contributed by atoms with E-state index >= 15 is 0 Å². The summed E-state index contributed by atoms with van der Waals surface area (Å²) < 4.78 is 11.0. The number of carbonyl (C=O) groups excluding carboxylic acids is 1. The van der Waals surface area contributed by atoms with Gasteiger partial charge in [-0.2, -0.15) is 0 Å². The summed E-state index contributed by atoms with van der Waals surface area (Å²) in [5.74, 6) is -0.0579. The summed E-state index contributed by atoms with van der Waals surface area (Å²) in [7, 11) is 1.37. The molecule has 33 heavy (non-hydrogen) atoms. The molecule has 2 N–H and O–H groups in total. The lowest BCUT2D eigenvalue weighted by atomic mass is 10.0. The van der Waals surface area contributed by atoms with Crippen molar-refractivity contribution < 1.29 is 23.8 Å². The van der Waals surface area contributed by atoms with Gasteiger partial charge in [-0.25, -0.2) is 4.79 Å². The molecular formula is C24H23N3O5S. The van der Waals surface area contributed by atoms with Crippen LogP contribution in [-0.2, 0) is 9.53 Å². The lowest BCUT2D eigenvalue weighted by molar-refractivity contribution is -0.140. The summed E-state index contributed by atoms with van der Waals surface area (Å²) in [6.45, 7) is 0.527. The van der Waals surface area contributed by atoms with Crippen molar-refractivity contribution in [2.45, 2.75) is 24.9 Å². The van der Waals surface area contributed by atoms with E-state index < -0.39 is 5.97 Å². The standard InChI is InChI=1S/C24H23N3O5S/c1-31-20(28)9-5-13-27-22(21(26-24(27)33)17-8-2-3-12-25-17)19-11-10-18(32-19)15-6-4-7-16(14-15)23(29)30/h2-4,6-8,10-12,14,21-22H,5,9,13H2,1H3,(H,26,33)(H,29,30)/t21-,22+/m0/s1. The zero-order valence-electron chi connectivity index (χ0n) is 17.9. The number of aromatic carboxylic acids is 1. The largest absolute Gasteiger partial charge is 0.478 e. The summed E-state index contributed by atoms with van der Waals surface area (Å²) in [6.07, 6.45) is 2.57. The first-order chi connectivity index (χ1) is 16.0. The number of nitrogens with zero attached hydrogens (tertiary/aromatic N) is 2. The third kappa shape index (κ3) is 4.88. The number of benzene rings is 1. The van der Waals surface area contributed by atoms with Crippen LogP contribution in [0.5, 0.6) is 0 Å². The van der Waals surface area contributed by atoms with Crippen LogP contribution in [-0.4, -0.2) is 45.7 Å². The minimum Gasteiger partial charge on any atom is -0.478 e. The number of hydrogen-bond acceptors (Lipinski definition) is 6. The Morgan fingerprint density at radius 2 is 2.06 bits per heavy atom. The number of thiocarbonyl (C=S) groups is 1. The molecule has 9 heteroatoms. The van der Waals surface area contributed by atoms with Crippen molar-refractivity contribution in [1.82, 2.24) is 15.2 Å². The van der Waals surface area contributed by atoms with Gasteiger partial charge in [-0.15, -0.1) is 0 Å². The summed E-state index contributed by atoms with van der Waals surface area (Å²) in [5, 5.41) is 13.2. The number of nitrogens with one attached hydrogen (secondary N) is 1. The number of carbonyl (C=O) groups is 2. The number of furan rings is 1. The molecule has 2 aromatic heterocycles. The SMILES string of the molecule is COC(=O)CCCN1C(=S)N[C@@H](c2ccccn2)[C@H]1c1ccc(-c2cccc(C(=O)O)c2)o1. The van der Waals surface area contributed by atoms with Gasteiger partial charge in [0, 0.05) is 24.7 Å². The number of hydrogen-bond donors (Lipinski definition) is 2. The van der Waals surface area contributed by atoms with Crippen molar-refractivity contribution in [3.05, 3.63) is 77.8 Å². The number of carboxylic acid groups (broad SMARTS) is 1. The first-order valence-corrected chi connectivity index (χ1v) is 10.9. The zero-order valence-corrected chi connectivity index (χ0v) is 18.7. The first-order valence-electron chi connectivity index (χ1n) is 10.5. The molecule has 0 saturated carbocycles. The molecular weight excluding hydrogens is 442 g/mol. The Bertz CT molecular complexity index is 1160. The third-order valence-corrected chi connectivity index (χ3v) is 5.87. The lowest BCUT2D eigenvalue weighted by Gasteiger charge is -2.25. The maximum absolute atomic E-state index is 11.6. The molecule has 170 valence electrons. The van der Waals surface area contributed by atoms with Gasteiger partial charge in [-0.1, -0.05) is 18.2 Å². The van der Waals surface area contributed by atoms with Gasteiger partial charge in [-0.05, 0) is 55.0 Å². The van der Waals surface area contributed by atoms with Gasteiger partial charge < -0.3 is 24.5 Å². The van der Waals surface area contributed by atoms with Crippen LogP contribution in [0.2, 0.25) is 0 Å². The van der Waals surface area contributed by atoms with E-state index in [-0.39, 0.29) is 30.0 Å². The van der Waals surface area contributed by atoms with Crippen LogP contribution < -0.4 is 5.32 Å². The molecule has 1 saturated heterocycles. The minimum absolute atomic E-state index is 0.185. The van der Waals surface area contributed by atoms with Crippen LogP contribution in [0.3, 0.4) is 0 Å². The predicted molar refractivity (Wildman–Crippen MR) is 125 cm³/mol. The summed E-state index contributed by atoms with van der Waals surface area (Å²) >= 11 is 5.61. The van der Waals surface area contributed by atoms with E-state index in [0.29, 0.717) is 35.2 Å². The van der Waals surface area contributed by atoms with E-state index in [1.54, 1.807) is 24.4 Å². The molecule has 1 fully saturated rings. The van der Waals surface area contributed by atoms with Crippen molar-refractivity contribution in [2.75, 3.05) is 13.7 Å². The van der Waals surface area contributed by atoms with Crippen LogP contribution in [0.15, 0.2) is 65.2 Å². The van der Waals surface area contributed by atoms with Crippen LogP contribution in [0.1, 0.15) is 46.7 Å². The summed E-state index contributed by atoms with van der Waals surface area (Å²) in [5.41, 5.74) is 1.66. The van der Waals surface area contributed by atoms with Gasteiger partial charge >= 0.3 is 11.9 Å². The second-order valence-electron chi connectivity index (χ2n) is 7.59. The van der Waals surface area contributed by atoms with E-state index in [0.717, 1.165) is 5.69 Å². The Balaban J connectivity index is 1.66. The highest BCUT2D eigenvalue weighted by Gasteiger charge is 2.41. The fourth-order valence-electron chi connectivity index (χ4n) is 3.92. The van der Waals surface area contributed by atoms with E-state index in [4.69, 9.17) is 21.4 Å². The molecule has 3 heterocycles. The molecule has 2 atom stereocenters. The van der Waals surface area contributed by atoms with Crippen LogP contribution in [0, 0.1) is 0 Å². The molecule has 0 bridgehead atoms. The molecule has 0 aliphatic carbocycles. The number of aromatic nitrogens is 1. The highest BCUT2D eigenvalue weighted by atomic mass is 32.1. The van der Waals surface area contributed by atoms with Crippen molar-refractivity contribution in [2.24, 2.45) is 0 Å². The average molecular weight is 466 g/mol. The monoisotopic (exact) mass is 465 g/mol. The normalized spacial score (nSPS) is 17.6. The van der Waals surface area contributed by atoms with E-state index in [1.807, 2.05) is 35.2 Å². The predicted octanol–water partition coefficient (Wildman–Crippen LogP) is 3.97. The van der Waals surface area contributed by atoms with Gasteiger partial charge in [0.05, 0.1) is 24.4 Å². The lowest BCUT2D eigenvalue weighted by Crippen LogP contribution is -2.30. The van der Waals surface area contributed by atoms with Gasteiger partial charge in [0.25, 0.3) is 0 Å².